The van der Waals surface area contributed by atoms with E-state index in [1.807, 2.05) is 37.3 Å². The number of para-hydroxylation sites is 1. The lowest BCUT2D eigenvalue weighted by Crippen LogP contribution is -2.28. The fourth-order valence-electron chi connectivity index (χ4n) is 1.79. The van der Waals surface area contributed by atoms with Crippen molar-refractivity contribution < 1.29 is 9.47 Å². The van der Waals surface area contributed by atoms with Gasteiger partial charge in [0.15, 0.2) is 11.7 Å². The maximum Gasteiger partial charge on any atom is 0.193 e. The van der Waals surface area contributed by atoms with E-state index < -0.39 is 5.79 Å². The summed E-state index contributed by atoms with van der Waals surface area (Å²) < 4.78 is 11.0. The van der Waals surface area contributed by atoms with Crippen LogP contribution < -0.4 is 11.1 Å². The highest BCUT2D eigenvalue weighted by atomic mass is 127. The number of aliphatic imine (C=N–C) groups is 1. The zero-order valence-corrected chi connectivity index (χ0v) is 13.3. The van der Waals surface area contributed by atoms with E-state index in [0.29, 0.717) is 32.1 Å². The standard InChI is InChI=1S/C13H19N3O2.HI/c1-13(17-9-10-18-13)7-8-15-12(14)16-11-5-3-2-4-6-11;/h2-6H,7-10H2,1H3,(H3,14,15,16);1H. The van der Waals surface area contributed by atoms with Crippen molar-refractivity contribution in [3.63, 3.8) is 0 Å². The molecule has 0 bridgehead atoms. The van der Waals surface area contributed by atoms with E-state index in [-0.39, 0.29) is 24.0 Å². The molecular weight excluding hydrogens is 357 g/mol. The Labute approximate surface area is 130 Å². The summed E-state index contributed by atoms with van der Waals surface area (Å²) >= 11 is 0. The number of hydrogen-bond acceptors (Lipinski definition) is 3. The number of anilines is 1. The average molecular weight is 377 g/mol. The zero-order valence-electron chi connectivity index (χ0n) is 11.0. The van der Waals surface area contributed by atoms with Crippen LogP contribution in [0.4, 0.5) is 5.69 Å². The minimum absolute atomic E-state index is 0. The van der Waals surface area contributed by atoms with Crippen LogP contribution in [0.1, 0.15) is 13.3 Å². The molecule has 0 spiro atoms. The second-order valence-corrected chi connectivity index (χ2v) is 4.34. The quantitative estimate of drug-likeness (QED) is 0.480. The molecule has 5 nitrogen and oxygen atoms in total. The van der Waals surface area contributed by atoms with Gasteiger partial charge in [0.1, 0.15) is 0 Å². The maximum absolute atomic E-state index is 5.79. The molecule has 1 aromatic carbocycles. The second-order valence-electron chi connectivity index (χ2n) is 4.34. The first-order valence-corrected chi connectivity index (χ1v) is 6.08. The van der Waals surface area contributed by atoms with E-state index in [0.717, 1.165) is 5.69 Å². The summed E-state index contributed by atoms with van der Waals surface area (Å²) in [5.74, 6) is -0.0981. The number of rotatable bonds is 4. The third-order valence-electron chi connectivity index (χ3n) is 2.79. The van der Waals surface area contributed by atoms with Crippen LogP contribution in [0.5, 0.6) is 0 Å². The lowest BCUT2D eigenvalue weighted by molar-refractivity contribution is -0.144. The summed E-state index contributed by atoms with van der Waals surface area (Å²) in [4.78, 5) is 4.25. The first-order chi connectivity index (χ1) is 8.68. The van der Waals surface area contributed by atoms with Gasteiger partial charge in [0.05, 0.1) is 13.2 Å². The smallest absolute Gasteiger partial charge is 0.193 e. The van der Waals surface area contributed by atoms with Gasteiger partial charge in [-0.25, -0.2) is 0 Å². The molecule has 1 saturated heterocycles. The predicted octanol–water partition coefficient (Wildman–Crippen LogP) is 2.18. The number of nitrogens with two attached hydrogens (primary N) is 1. The Morgan fingerprint density at radius 2 is 1.95 bits per heavy atom. The van der Waals surface area contributed by atoms with Crippen LogP contribution in [-0.2, 0) is 9.47 Å². The highest BCUT2D eigenvalue weighted by Crippen LogP contribution is 2.22. The molecule has 0 saturated carbocycles. The number of hydrogen-bond donors (Lipinski definition) is 2. The molecule has 3 N–H and O–H groups in total. The van der Waals surface area contributed by atoms with Gasteiger partial charge in [-0.1, -0.05) is 18.2 Å². The molecule has 19 heavy (non-hydrogen) atoms. The van der Waals surface area contributed by atoms with Crippen LogP contribution in [0.3, 0.4) is 0 Å². The Morgan fingerprint density at radius 1 is 1.32 bits per heavy atom. The van der Waals surface area contributed by atoms with Gasteiger partial charge in [-0.3, -0.25) is 4.99 Å². The van der Waals surface area contributed by atoms with E-state index >= 15 is 0 Å². The van der Waals surface area contributed by atoms with Crippen LogP contribution in [0, 0.1) is 0 Å². The molecular formula is C13H20IN3O2. The van der Waals surface area contributed by atoms with Gasteiger partial charge >= 0.3 is 0 Å². The third kappa shape index (κ3) is 5.33. The molecule has 0 radical (unpaired) electrons. The van der Waals surface area contributed by atoms with Crippen molar-refractivity contribution in [2.24, 2.45) is 10.7 Å². The number of nitrogens with zero attached hydrogens (tertiary/aromatic N) is 1. The van der Waals surface area contributed by atoms with Crippen molar-refractivity contribution in [1.82, 2.24) is 0 Å². The third-order valence-corrected chi connectivity index (χ3v) is 2.79. The molecule has 1 aliphatic rings. The molecule has 0 atom stereocenters. The van der Waals surface area contributed by atoms with Crippen LogP contribution in [0.2, 0.25) is 0 Å². The largest absolute Gasteiger partial charge is 0.370 e. The zero-order chi connectivity index (χ0) is 12.8. The van der Waals surface area contributed by atoms with E-state index in [2.05, 4.69) is 10.3 Å². The van der Waals surface area contributed by atoms with Crippen molar-refractivity contribution >= 4 is 35.6 Å². The molecule has 106 valence electrons. The maximum atomic E-state index is 5.79. The van der Waals surface area contributed by atoms with Crippen LogP contribution in [0.25, 0.3) is 0 Å². The average Bonchev–Trinajstić information content (AvgIpc) is 2.77. The lowest BCUT2D eigenvalue weighted by atomic mass is 10.2. The summed E-state index contributed by atoms with van der Waals surface area (Å²) in [6.07, 6.45) is 0.699. The number of ether oxygens (including phenoxy) is 2. The molecule has 0 unspecified atom stereocenters. The van der Waals surface area contributed by atoms with Crippen LogP contribution in [0.15, 0.2) is 35.3 Å². The van der Waals surface area contributed by atoms with E-state index in [4.69, 9.17) is 15.2 Å². The molecule has 0 amide bonds. The molecule has 1 heterocycles. The summed E-state index contributed by atoms with van der Waals surface area (Å²) in [7, 11) is 0. The van der Waals surface area contributed by atoms with Gasteiger partial charge < -0.3 is 20.5 Å². The minimum atomic E-state index is -0.503. The first-order valence-electron chi connectivity index (χ1n) is 6.08. The summed E-state index contributed by atoms with van der Waals surface area (Å²) in [6.45, 7) is 3.80. The number of benzene rings is 1. The summed E-state index contributed by atoms with van der Waals surface area (Å²) in [6, 6.07) is 9.71. The van der Waals surface area contributed by atoms with Crippen molar-refractivity contribution in [2.45, 2.75) is 19.1 Å². The Bertz CT molecular complexity index is 406. The van der Waals surface area contributed by atoms with Crippen molar-refractivity contribution in [3.05, 3.63) is 30.3 Å². The molecule has 2 rings (SSSR count). The monoisotopic (exact) mass is 377 g/mol. The normalized spacial score (nSPS) is 17.8. The van der Waals surface area contributed by atoms with E-state index in [9.17, 15) is 0 Å². The lowest BCUT2D eigenvalue weighted by Gasteiger charge is -2.20. The first kappa shape index (κ1) is 16.2. The molecule has 1 aliphatic heterocycles. The van der Waals surface area contributed by atoms with E-state index in [1.165, 1.54) is 0 Å². The van der Waals surface area contributed by atoms with Gasteiger partial charge in [0, 0.05) is 18.7 Å². The predicted molar refractivity (Wildman–Crippen MR) is 86.9 cm³/mol. The van der Waals surface area contributed by atoms with E-state index in [1.54, 1.807) is 0 Å². The van der Waals surface area contributed by atoms with Crippen molar-refractivity contribution in [3.8, 4) is 0 Å². The number of guanidine groups is 1. The fraction of sp³-hybridized carbons (Fsp3) is 0.462. The highest BCUT2D eigenvalue weighted by molar-refractivity contribution is 14.0. The van der Waals surface area contributed by atoms with Crippen LogP contribution >= 0.6 is 24.0 Å². The van der Waals surface area contributed by atoms with Crippen molar-refractivity contribution in [2.75, 3.05) is 25.1 Å². The minimum Gasteiger partial charge on any atom is -0.370 e. The molecule has 0 aromatic heterocycles. The molecule has 1 fully saturated rings. The highest BCUT2D eigenvalue weighted by Gasteiger charge is 2.30. The van der Waals surface area contributed by atoms with Gasteiger partial charge in [0.25, 0.3) is 0 Å². The Hall–Kier alpha value is -0.860. The van der Waals surface area contributed by atoms with Gasteiger partial charge in [0.2, 0.25) is 0 Å². The topological polar surface area (TPSA) is 68.9 Å². The molecule has 6 heteroatoms. The number of nitrogens with one attached hydrogen (secondary N) is 1. The number of halogens is 1. The second kappa shape index (κ2) is 7.66. The Kier molecular flexibility index (Phi) is 6.53. The van der Waals surface area contributed by atoms with Gasteiger partial charge in [-0.15, -0.1) is 24.0 Å². The SMILES string of the molecule is CC1(CCN=C(N)Nc2ccccc2)OCCO1.I. The van der Waals surface area contributed by atoms with Gasteiger partial charge in [-0.05, 0) is 19.1 Å². The summed E-state index contributed by atoms with van der Waals surface area (Å²) in [5.41, 5.74) is 6.72. The van der Waals surface area contributed by atoms with Crippen LogP contribution in [-0.4, -0.2) is 31.5 Å². The summed E-state index contributed by atoms with van der Waals surface area (Å²) in [5, 5.41) is 3.03. The van der Waals surface area contributed by atoms with Gasteiger partial charge in [-0.2, -0.15) is 0 Å². The fourth-order valence-corrected chi connectivity index (χ4v) is 1.79. The molecule has 1 aromatic rings. The Balaban J connectivity index is 0.00000180. The molecule has 0 aliphatic carbocycles. The van der Waals surface area contributed by atoms with Crippen molar-refractivity contribution in [1.29, 1.82) is 0 Å². The Morgan fingerprint density at radius 3 is 2.58 bits per heavy atom.